The molecular weight excluding hydrogens is 342 g/mol. The minimum Gasteiger partial charge on any atom is -0.287 e. The molecule has 2 unspecified atom stereocenters. The molecule has 0 aromatic heterocycles. The predicted octanol–water partition coefficient (Wildman–Crippen LogP) is 5.26. The lowest BCUT2D eigenvalue weighted by molar-refractivity contribution is 0.118. The Morgan fingerprint density at radius 1 is 0.783 bits per heavy atom. The second kappa shape index (κ2) is 13.1. The minimum absolute atomic E-state index is 0.0835. The van der Waals surface area contributed by atoms with Crippen molar-refractivity contribution >= 4 is 15.6 Å². The Hall–Kier alpha value is -0.260. The highest BCUT2D eigenvalue weighted by atomic mass is 31.3. The molecule has 23 heavy (non-hydrogen) atoms. The molecular formula is C14H28O7P2. The molecule has 0 amide bonds. The smallest absolute Gasteiger partial charge is 0.287 e. The average molecular weight is 370 g/mol. The van der Waals surface area contributed by atoms with E-state index in [0.29, 0.717) is 12.8 Å². The normalized spacial score (nSPS) is 16.4. The van der Waals surface area contributed by atoms with Crippen LogP contribution in [0.1, 0.15) is 39.5 Å². The van der Waals surface area contributed by atoms with Gasteiger partial charge < -0.3 is 0 Å². The maximum Gasteiger partial charge on any atom is 0.484 e. The molecule has 2 atom stereocenters. The van der Waals surface area contributed by atoms with Crippen molar-refractivity contribution in [2.24, 2.45) is 0 Å². The fourth-order valence-corrected chi connectivity index (χ4v) is 4.39. The van der Waals surface area contributed by atoms with Gasteiger partial charge in [0.15, 0.2) is 0 Å². The molecule has 0 bridgehead atoms. The zero-order valence-electron chi connectivity index (χ0n) is 14.0. The highest BCUT2D eigenvalue weighted by Gasteiger charge is 2.40. The first-order chi connectivity index (χ1) is 10.9. The van der Waals surface area contributed by atoms with E-state index in [4.69, 9.17) is 22.4 Å². The zero-order chi connectivity index (χ0) is 17.6. The molecule has 0 saturated carbocycles. The number of rotatable bonds is 16. The first-order valence-electron chi connectivity index (χ1n) is 7.66. The van der Waals surface area contributed by atoms with E-state index in [9.17, 15) is 9.13 Å². The van der Waals surface area contributed by atoms with E-state index in [0.717, 1.165) is 12.8 Å². The molecule has 0 radical (unpaired) electrons. The molecule has 0 saturated heterocycles. The molecule has 0 aliphatic carbocycles. The summed E-state index contributed by atoms with van der Waals surface area (Å²) in [5.74, 6) is 0. The molecule has 0 aliphatic rings. The van der Waals surface area contributed by atoms with Gasteiger partial charge in [-0.15, -0.1) is 13.2 Å². The van der Waals surface area contributed by atoms with Crippen LogP contribution in [0.2, 0.25) is 0 Å². The Kier molecular flexibility index (Phi) is 12.9. The highest BCUT2D eigenvalue weighted by molar-refractivity contribution is 7.62. The number of hydrogen-bond donors (Lipinski definition) is 0. The number of phosphoric acid groups is 2. The monoisotopic (exact) mass is 370 g/mol. The summed E-state index contributed by atoms with van der Waals surface area (Å²) >= 11 is 0. The van der Waals surface area contributed by atoms with Gasteiger partial charge in [-0.1, -0.05) is 38.8 Å². The lowest BCUT2D eigenvalue weighted by atomic mass is 10.4. The van der Waals surface area contributed by atoms with Crippen LogP contribution in [0.3, 0.4) is 0 Å². The topological polar surface area (TPSA) is 80.3 Å². The Morgan fingerprint density at radius 3 is 1.48 bits per heavy atom. The third-order valence-electron chi connectivity index (χ3n) is 2.40. The van der Waals surface area contributed by atoms with Crippen molar-refractivity contribution in [1.82, 2.24) is 0 Å². The summed E-state index contributed by atoms with van der Waals surface area (Å²) in [6, 6.07) is 0. The number of hydrogen-bond acceptors (Lipinski definition) is 7. The van der Waals surface area contributed by atoms with E-state index in [-0.39, 0.29) is 26.4 Å². The summed E-state index contributed by atoms with van der Waals surface area (Å²) in [4.78, 5) is 0. The zero-order valence-corrected chi connectivity index (χ0v) is 15.8. The molecule has 0 aromatic carbocycles. The molecule has 7 nitrogen and oxygen atoms in total. The van der Waals surface area contributed by atoms with Crippen LogP contribution in [0.5, 0.6) is 0 Å². The lowest BCUT2D eigenvalue weighted by Gasteiger charge is -2.22. The summed E-state index contributed by atoms with van der Waals surface area (Å²) in [6.07, 6.45) is 5.73. The van der Waals surface area contributed by atoms with Crippen LogP contribution >= 0.6 is 15.6 Å². The fourth-order valence-electron chi connectivity index (χ4n) is 1.22. The fraction of sp³-hybridized carbons (Fsp3) is 0.714. The predicted molar refractivity (Wildman–Crippen MR) is 90.3 cm³/mol. The Morgan fingerprint density at radius 2 is 1.17 bits per heavy atom. The molecule has 0 N–H and O–H groups in total. The second-order valence-electron chi connectivity index (χ2n) is 4.52. The van der Waals surface area contributed by atoms with Crippen LogP contribution in [0.4, 0.5) is 0 Å². The van der Waals surface area contributed by atoms with E-state index in [1.165, 1.54) is 12.2 Å². The molecule has 0 rings (SSSR count). The first-order valence-corrected chi connectivity index (χ1v) is 10.6. The van der Waals surface area contributed by atoms with Gasteiger partial charge in [-0.2, -0.15) is 4.31 Å². The molecule has 0 aliphatic heterocycles. The maximum atomic E-state index is 12.6. The molecule has 0 spiro atoms. The van der Waals surface area contributed by atoms with Crippen LogP contribution in [-0.4, -0.2) is 26.4 Å². The number of unbranched alkanes of at least 4 members (excludes halogenated alkanes) is 2. The van der Waals surface area contributed by atoms with E-state index in [1.807, 2.05) is 13.8 Å². The summed E-state index contributed by atoms with van der Waals surface area (Å²) in [6.45, 7) is 10.9. The van der Waals surface area contributed by atoms with Crippen molar-refractivity contribution < 1.29 is 31.5 Å². The van der Waals surface area contributed by atoms with Gasteiger partial charge in [-0.3, -0.25) is 18.1 Å². The molecule has 0 aromatic rings. The van der Waals surface area contributed by atoms with Crippen LogP contribution in [-0.2, 0) is 31.5 Å². The van der Waals surface area contributed by atoms with Crippen molar-refractivity contribution in [2.75, 3.05) is 26.4 Å². The Bertz CT molecular complexity index is 387. The van der Waals surface area contributed by atoms with Gasteiger partial charge in [0.05, 0.1) is 26.4 Å². The van der Waals surface area contributed by atoms with Crippen molar-refractivity contribution in [3.63, 3.8) is 0 Å². The van der Waals surface area contributed by atoms with Gasteiger partial charge >= 0.3 is 15.6 Å². The van der Waals surface area contributed by atoms with E-state index >= 15 is 0 Å². The average Bonchev–Trinajstić information content (AvgIpc) is 2.52. The molecule has 9 heteroatoms. The Labute approximate surface area is 139 Å². The van der Waals surface area contributed by atoms with Gasteiger partial charge in [-0.05, 0) is 12.8 Å². The quantitative estimate of drug-likeness (QED) is 0.208. The van der Waals surface area contributed by atoms with Crippen LogP contribution in [0.15, 0.2) is 25.3 Å². The SMILES string of the molecule is C=CCOP(=O)(OCCCC)OP(=O)(OCC=C)OCCCC. The molecule has 0 fully saturated rings. The lowest BCUT2D eigenvalue weighted by Crippen LogP contribution is -2.05. The van der Waals surface area contributed by atoms with E-state index in [1.54, 1.807) is 0 Å². The minimum atomic E-state index is -4.09. The third-order valence-corrected chi connectivity index (χ3v) is 5.92. The van der Waals surface area contributed by atoms with Crippen LogP contribution < -0.4 is 0 Å². The van der Waals surface area contributed by atoms with Gasteiger partial charge in [0.1, 0.15) is 0 Å². The molecule has 0 heterocycles. The molecule has 136 valence electrons. The van der Waals surface area contributed by atoms with Gasteiger partial charge in [0.2, 0.25) is 0 Å². The van der Waals surface area contributed by atoms with Gasteiger partial charge in [0, 0.05) is 0 Å². The highest BCUT2D eigenvalue weighted by Crippen LogP contribution is 2.66. The first kappa shape index (κ1) is 22.7. The van der Waals surface area contributed by atoms with E-state index in [2.05, 4.69) is 13.2 Å². The van der Waals surface area contributed by atoms with Gasteiger partial charge in [-0.25, -0.2) is 9.13 Å². The summed E-state index contributed by atoms with van der Waals surface area (Å²) < 4.78 is 50.6. The standard InChI is InChI=1S/C14H28O7P2/c1-5-9-13-19-22(15,17-11-7-3)21-23(16,18-12-8-4)20-14-10-6-2/h7-8H,3-6,9-14H2,1-2H3. The summed E-state index contributed by atoms with van der Waals surface area (Å²) in [7, 11) is -8.19. The van der Waals surface area contributed by atoms with Crippen molar-refractivity contribution in [3.8, 4) is 0 Å². The van der Waals surface area contributed by atoms with Gasteiger partial charge in [0.25, 0.3) is 0 Å². The van der Waals surface area contributed by atoms with Crippen LogP contribution in [0, 0.1) is 0 Å². The Balaban J connectivity index is 4.98. The summed E-state index contributed by atoms with van der Waals surface area (Å²) in [5, 5.41) is 0. The van der Waals surface area contributed by atoms with Crippen molar-refractivity contribution in [3.05, 3.63) is 25.3 Å². The maximum absolute atomic E-state index is 12.6. The summed E-state index contributed by atoms with van der Waals surface area (Å²) in [5.41, 5.74) is 0. The van der Waals surface area contributed by atoms with Crippen LogP contribution in [0.25, 0.3) is 0 Å². The third kappa shape index (κ3) is 11.0. The number of phosphoric ester groups is 2. The van der Waals surface area contributed by atoms with Crippen molar-refractivity contribution in [1.29, 1.82) is 0 Å². The largest absolute Gasteiger partial charge is 0.484 e. The van der Waals surface area contributed by atoms with E-state index < -0.39 is 15.6 Å². The van der Waals surface area contributed by atoms with Crippen molar-refractivity contribution in [2.45, 2.75) is 39.5 Å². The second-order valence-corrected chi connectivity index (χ2v) is 7.99.